The minimum Gasteiger partial charge on any atom is -0.366 e. The normalized spacial score (nSPS) is 14.6. The van der Waals surface area contributed by atoms with E-state index in [4.69, 9.17) is 0 Å². The molecule has 0 saturated carbocycles. The molecule has 1 aliphatic heterocycles. The van der Waals surface area contributed by atoms with Crippen molar-refractivity contribution in [2.75, 3.05) is 17.6 Å². The molecule has 0 aliphatic carbocycles. The maximum absolute atomic E-state index is 12.6. The van der Waals surface area contributed by atoms with Gasteiger partial charge in [-0.25, -0.2) is 0 Å². The Labute approximate surface area is 142 Å². The fourth-order valence-corrected chi connectivity index (χ4v) is 3.03. The van der Waals surface area contributed by atoms with E-state index in [0.717, 1.165) is 23.7 Å². The molecule has 3 rings (SSSR count). The van der Waals surface area contributed by atoms with Crippen LogP contribution >= 0.6 is 11.8 Å². The van der Waals surface area contributed by atoms with E-state index in [9.17, 15) is 13.2 Å². The zero-order chi connectivity index (χ0) is 17.2. The van der Waals surface area contributed by atoms with Crippen LogP contribution in [0.1, 0.15) is 5.56 Å². The molecule has 0 amide bonds. The second-order valence-electron chi connectivity index (χ2n) is 5.40. The smallest absolute Gasteiger partial charge is 0.366 e. The summed E-state index contributed by atoms with van der Waals surface area (Å²) in [4.78, 5) is 0. The molecule has 0 fully saturated rings. The SMILES string of the molecule is Cn1nc(-c2ccc(C(F)(F)F)cc2)cc1NCC1=CSCC=C1. The van der Waals surface area contributed by atoms with E-state index in [1.165, 1.54) is 17.7 Å². The van der Waals surface area contributed by atoms with E-state index in [1.807, 2.05) is 6.07 Å². The van der Waals surface area contributed by atoms with Crippen LogP contribution in [0.4, 0.5) is 19.0 Å². The molecule has 0 radical (unpaired) electrons. The van der Waals surface area contributed by atoms with Crippen molar-refractivity contribution in [2.45, 2.75) is 6.18 Å². The average molecular weight is 351 g/mol. The van der Waals surface area contributed by atoms with Gasteiger partial charge in [0.25, 0.3) is 0 Å². The first kappa shape index (κ1) is 16.7. The number of halogens is 3. The Hall–Kier alpha value is -2.15. The maximum atomic E-state index is 12.6. The van der Waals surface area contributed by atoms with Crippen molar-refractivity contribution in [3.8, 4) is 11.3 Å². The van der Waals surface area contributed by atoms with Gasteiger partial charge in [-0.2, -0.15) is 18.3 Å². The molecule has 0 saturated heterocycles. The molecule has 7 heteroatoms. The lowest BCUT2D eigenvalue weighted by Gasteiger charge is -2.09. The summed E-state index contributed by atoms with van der Waals surface area (Å²) in [7, 11) is 1.80. The van der Waals surface area contributed by atoms with E-state index >= 15 is 0 Å². The minimum atomic E-state index is -4.32. The van der Waals surface area contributed by atoms with Crippen LogP contribution < -0.4 is 5.32 Å². The number of alkyl halides is 3. The average Bonchev–Trinajstić information content (AvgIpc) is 2.94. The zero-order valence-corrected chi connectivity index (χ0v) is 13.8. The van der Waals surface area contributed by atoms with E-state index in [2.05, 4.69) is 28.0 Å². The van der Waals surface area contributed by atoms with Gasteiger partial charge in [-0.1, -0.05) is 24.3 Å². The summed E-state index contributed by atoms with van der Waals surface area (Å²) in [5.41, 5.74) is 1.81. The number of hydrogen-bond donors (Lipinski definition) is 1. The number of benzene rings is 1. The Morgan fingerprint density at radius 1 is 1.25 bits per heavy atom. The number of nitrogens with zero attached hydrogens (tertiary/aromatic N) is 2. The van der Waals surface area contributed by atoms with E-state index in [-0.39, 0.29) is 0 Å². The van der Waals surface area contributed by atoms with Crippen molar-refractivity contribution in [2.24, 2.45) is 7.05 Å². The number of anilines is 1. The highest BCUT2D eigenvalue weighted by atomic mass is 32.2. The first-order chi connectivity index (χ1) is 11.4. The predicted octanol–water partition coefficient (Wildman–Crippen LogP) is 4.70. The summed E-state index contributed by atoms with van der Waals surface area (Å²) in [5, 5.41) is 9.77. The summed E-state index contributed by atoms with van der Waals surface area (Å²) in [6, 6.07) is 6.87. The van der Waals surface area contributed by atoms with Crippen LogP contribution in [0, 0.1) is 0 Å². The van der Waals surface area contributed by atoms with Crippen molar-refractivity contribution < 1.29 is 13.2 Å². The van der Waals surface area contributed by atoms with Gasteiger partial charge in [-0.05, 0) is 23.1 Å². The summed E-state index contributed by atoms with van der Waals surface area (Å²) >= 11 is 1.74. The Balaban J connectivity index is 1.73. The summed E-state index contributed by atoms with van der Waals surface area (Å²) in [6.07, 6.45) is -0.135. The molecule has 2 heterocycles. The number of aromatic nitrogens is 2. The highest BCUT2D eigenvalue weighted by molar-refractivity contribution is 8.02. The van der Waals surface area contributed by atoms with Gasteiger partial charge in [0.15, 0.2) is 0 Å². The van der Waals surface area contributed by atoms with E-state index in [1.54, 1.807) is 23.5 Å². The zero-order valence-electron chi connectivity index (χ0n) is 13.0. The molecule has 126 valence electrons. The largest absolute Gasteiger partial charge is 0.416 e. The number of thioether (sulfide) groups is 1. The fraction of sp³-hybridized carbons (Fsp3) is 0.235. The molecule has 1 N–H and O–H groups in total. The van der Waals surface area contributed by atoms with Crippen molar-refractivity contribution >= 4 is 17.6 Å². The van der Waals surface area contributed by atoms with Crippen LogP contribution in [0.25, 0.3) is 11.3 Å². The molecule has 1 aliphatic rings. The Morgan fingerprint density at radius 3 is 2.62 bits per heavy atom. The molecule has 1 aromatic carbocycles. The van der Waals surface area contributed by atoms with Crippen LogP contribution in [-0.2, 0) is 13.2 Å². The number of nitrogens with one attached hydrogen (secondary N) is 1. The molecule has 24 heavy (non-hydrogen) atoms. The molecule has 1 aromatic heterocycles. The lowest BCUT2D eigenvalue weighted by Crippen LogP contribution is -2.08. The number of hydrogen-bond acceptors (Lipinski definition) is 3. The first-order valence-electron chi connectivity index (χ1n) is 7.36. The van der Waals surface area contributed by atoms with Gasteiger partial charge in [0.2, 0.25) is 0 Å². The van der Waals surface area contributed by atoms with Crippen LogP contribution in [0.2, 0.25) is 0 Å². The third-order valence-corrected chi connectivity index (χ3v) is 4.47. The molecular weight excluding hydrogens is 335 g/mol. The van der Waals surface area contributed by atoms with E-state index < -0.39 is 11.7 Å². The van der Waals surface area contributed by atoms with Crippen molar-refractivity contribution in [3.05, 3.63) is 59.0 Å². The molecule has 0 atom stereocenters. The Kier molecular flexibility index (Phi) is 4.71. The van der Waals surface area contributed by atoms with Crippen molar-refractivity contribution in [3.63, 3.8) is 0 Å². The molecule has 0 spiro atoms. The van der Waals surface area contributed by atoms with Crippen LogP contribution in [-0.4, -0.2) is 22.1 Å². The van der Waals surface area contributed by atoms with Gasteiger partial charge in [0, 0.05) is 31.0 Å². The molecule has 0 bridgehead atoms. The van der Waals surface area contributed by atoms with Gasteiger partial charge in [-0.3, -0.25) is 4.68 Å². The monoisotopic (exact) mass is 351 g/mol. The van der Waals surface area contributed by atoms with Crippen LogP contribution in [0.15, 0.2) is 53.5 Å². The number of rotatable bonds is 4. The van der Waals surface area contributed by atoms with Gasteiger partial charge < -0.3 is 5.32 Å². The summed E-state index contributed by atoms with van der Waals surface area (Å²) in [6.45, 7) is 0.676. The molecule has 3 nitrogen and oxygen atoms in total. The van der Waals surface area contributed by atoms with Crippen molar-refractivity contribution in [1.29, 1.82) is 0 Å². The van der Waals surface area contributed by atoms with Crippen LogP contribution in [0.5, 0.6) is 0 Å². The molecular formula is C17H16F3N3S. The van der Waals surface area contributed by atoms with Crippen molar-refractivity contribution in [1.82, 2.24) is 9.78 Å². The quantitative estimate of drug-likeness (QED) is 0.866. The number of aryl methyl sites for hydroxylation is 1. The first-order valence-corrected chi connectivity index (χ1v) is 8.41. The topological polar surface area (TPSA) is 29.9 Å². The molecule has 0 unspecified atom stereocenters. The van der Waals surface area contributed by atoms with Gasteiger partial charge in [-0.15, -0.1) is 11.8 Å². The van der Waals surface area contributed by atoms with Gasteiger partial charge in [0.05, 0.1) is 11.3 Å². The minimum absolute atomic E-state index is 0.635. The highest BCUT2D eigenvalue weighted by Crippen LogP contribution is 2.31. The molecule has 2 aromatic rings. The standard InChI is InChI=1S/C17H16F3N3S/c1-23-16(21-10-12-3-2-8-24-11-12)9-15(22-23)13-4-6-14(7-5-13)17(18,19)20/h2-7,9,11,21H,8,10H2,1H3. The van der Waals surface area contributed by atoms with Crippen LogP contribution in [0.3, 0.4) is 0 Å². The fourth-order valence-electron chi connectivity index (χ4n) is 2.35. The van der Waals surface area contributed by atoms with Gasteiger partial charge >= 0.3 is 6.18 Å². The third kappa shape index (κ3) is 3.84. The second-order valence-corrected chi connectivity index (χ2v) is 6.30. The Bertz CT molecular complexity index is 773. The maximum Gasteiger partial charge on any atom is 0.416 e. The highest BCUT2D eigenvalue weighted by Gasteiger charge is 2.30. The second kappa shape index (κ2) is 6.76. The summed E-state index contributed by atoms with van der Waals surface area (Å²) < 4.78 is 39.6. The third-order valence-electron chi connectivity index (χ3n) is 3.62. The lowest BCUT2D eigenvalue weighted by atomic mass is 10.1. The predicted molar refractivity (Wildman–Crippen MR) is 91.8 cm³/mol. The van der Waals surface area contributed by atoms with Gasteiger partial charge in [0.1, 0.15) is 5.82 Å². The summed E-state index contributed by atoms with van der Waals surface area (Å²) in [5.74, 6) is 1.81. The lowest BCUT2D eigenvalue weighted by molar-refractivity contribution is -0.137. The Morgan fingerprint density at radius 2 is 2.00 bits per heavy atom. The van der Waals surface area contributed by atoms with E-state index in [0.29, 0.717) is 17.8 Å².